The molecule has 2 N–H and O–H groups in total. The lowest BCUT2D eigenvalue weighted by Gasteiger charge is -2.06. The molecule has 0 fully saturated rings. The van der Waals surface area contributed by atoms with Crippen molar-refractivity contribution in [1.29, 1.82) is 0 Å². The minimum atomic E-state index is -0.814. The second kappa shape index (κ2) is 7.96. The van der Waals surface area contributed by atoms with Crippen LogP contribution in [0.15, 0.2) is 36.4 Å². The van der Waals surface area contributed by atoms with Crippen LogP contribution in [-0.2, 0) is 22.4 Å². The maximum atomic E-state index is 11.9. The number of carbonyl (C=O) groups is 2. The van der Waals surface area contributed by atoms with E-state index in [4.69, 9.17) is 16.7 Å². The fourth-order valence-electron chi connectivity index (χ4n) is 1.95. The number of anilines is 1. The second-order valence-electron chi connectivity index (χ2n) is 4.84. The third kappa shape index (κ3) is 5.50. The molecule has 0 aliphatic heterocycles. The molecule has 116 valence electrons. The number of amides is 1. The first kappa shape index (κ1) is 16.5. The molecular weight excluding hydrogens is 322 g/mol. The van der Waals surface area contributed by atoms with Crippen LogP contribution in [-0.4, -0.2) is 17.0 Å². The van der Waals surface area contributed by atoms with E-state index in [0.29, 0.717) is 24.9 Å². The quantitative estimate of drug-likeness (QED) is 0.802. The van der Waals surface area contributed by atoms with E-state index in [-0.39, 0.29) is 12.3 Å². The van der Waals surface area contributed by atoms with Crippen LogP contribution in [0.25, 0.3) is 0 Å². The summed E-state index contributed by atoms with van der Waals surface area (Å²) in [5.74, 6) is -0.867. The Balaban J connectivity index is 1.79. The highest BCUT2D eigenvalue weighted by Gasteiger charge is 2.05. The van der Waals surface area contributed by atoms with E-state index in [1.54, 1.807) is 12.1 Å². The molecule has 1 aromatic carbocycles. The molecule has 6 heteroatoms. The number of carboxylic acid groups (broad SMARTS) is 1. The van der Waals surface area contributed by atoms with Crippen LogP contribution < -0.4 is 5.32 Å². The number of aryl methyl sites for hydroxylation is 2. The Morgan fingerprint density at radius 3 is 2.36 bits per heavy atom. The lowest BCUT2D eigenvalue weighted by atomic mass is 10.1. The fraction of sp³-hybridized carbons (Fsp3) is 0.250. The summed E-state index contributed by atoms with van der Waals surface area (Å²) in [6, 6.07) is 11.0. The first-order valence-electron chi connectivity index (χ1n) is 6.88. The molecule has 2 aromatic rings. The van der Waals surface area contributed by atoms with Crippen molar-refractivity contribution in [3.63, 3.8) is 0 Å². The zero-order valence-corrected chi connectivity index (χ0v) is 13.4. The number of aliphatic carboxylic acids is 1. The van der Waals surface area contributed by atoms with Gasteiger partial charge in [0.15, 0.2) is 0 Å². The number of carbonyl (C=O) groups excluding carboxylic acids is 1. The summed E-state index contributed by atoms with van der Waals surface area (Å²) >= 11 is 7.33. The van der Waals surface area contributed by atoms with Gasteiger partial charge in [-0.3, -0.25) is 9.59 Å². The minimum absolute atomic E-state index is 0.0530. The third-order valence-corrected chi connectivity index (χ3v) is 4.38. The van der Waals surface area contributed by atoms with Crippen LogP contribution >= 0.6 is 22.9 Å². The van der Waals surface area contributed by atoms with Gasteiger partial charge in [0, 0.05) is 23.4 Å². The molecular formula is C16H16ClNO3S. The molecule has 0 bridgehead atoms. The Bertz CT molecular complexity index is 652. The molecule has 0 radical (unpaired) electrons. The first-order chi connectivity index (χ1) is 10.5. The highest BCUT2D eigenvalue weighted by Crippen LogP contribution is 2.22. The van der Waals surface area contributed by atoms with Crippen LogP contribution in [0.2, 0.25) is 4.34 Å². The largest absolute Gasteiger partial charge is 0.481 e. The molecule has 0 aliphatic carbocycles. The van der Waals surface area contributed by atoms with Gasteiger partial charge in [0.05, 0.1) is 4.34 Å². The topological polar surface area (TPSA) is 66.4 Å². The van der Waals surface area contributed by atoms with Crippen molar-refractivity contribution in [3.05, 3.63) is 51.2 Å². The highest BCUT2D eigenvalue weighted by molar-refractivity contribution is 7.16. The standard InChI is InChI=1S/C16H16ClNO3S/c17-14-8-6-13(22-14)7-9-15(19)18-12-4-1-11(2-5-12)3-10-16(20)21/h1-2,4-6,8H,3,7,9-10H2,(H,18,19)(H,20,21). The van der Waals surface area contributed by atoms with Crippen molar-refractivity contribution >= 4 is 40.5 Å². The summed E-state index contributed by atoms with van der Waals surface area (Å²) in [4.78, 5) is 23.5. The van der Waals surface area contributed by atoms with Gasteiger partial charge < -0.3 is 10.4 Å². The zero-order chi connectivity index (χ0) is 15.9. The summed E-state index contributed by atoms with van der Waals surface area (Å²) in [5.41, 5.74) is 1.65. The van der Waals surface area contributed by atoms with Crippen LogP contribution in [0.4, 0.5) is 5.69 Å². The van der Waals surface area contributed by atoms with E-state index in [0.717, 1.165) is 14.8 Å². The van der Waals surface area contributed by atoms with Gasteiger partial charge in [-0.05, 0) is 42.7 Å². The molecule has 4 nitrogen and oxygen atoms in total. The predicted molar refractivity (Wildman–Crippen MR) is 88.7 cm³/mol. The monoisotopic (exact) mass is 337 g/mol. The van der Waals surface area contributed by atoms with Crippen LogP contribution in [0.5, 0.6) is 0 Å². The van der Waals surface area contributed by atoms with Crippen molar-refractivity contribution in [3.8, 4) is 0 Å². The van der Waals surface area contributed by atoms with E-state index < -0.39 is 5.97 Å². The smallest absolute Gasteiger partial charge is 0.303 e. The van der Waals surface area contributed by atoms with Gasteiger partial charge in [0.1, 0.15) is 0 Å². The molecule has 0 saturated heterocycles. The molecule has 0 aliphatic rings. The highest BCUT2D eigenvalue weighted by atomic mass is 35.5. The number of benzene rings is 1. The van der Waals surface area contributed by atoms with Crippen molar-refractivity contribution in [2.45, 2.75) is 25.7 Å². The van der Waals surface area contributed by atoms with Gasteiger partial charge in [0.2, 0.25) is 5.91 Å². The predicted octanol–water partition coefficient (Wildman–Crippen LogP) is 3.99. The van der Waals surface area contributed by atoms with Crippen LogP contribution in [0.1, 0.15) is 23.3 Å². The summed E-state index contributed by atoms with van der Waals surface area (Å²) < 4.78 is 0.729. The number of hydrogen-bond acceptors (Lipinski definition) is 3. The minimum Gasteiger partial charge on any atom is -0.481 e. The van der Waals surface area contributed by atoms with E-state index in [1.165, 1.54) is 11.3 Å². The molecule has 0 atom stereocenters. The lowest BCUT2D eigenvalue weighted by molar-refractivity contribution is -0.137. The van der Waals surface area contributed by atoms with Gasteiger partial charge >= 0.3 is 5.97 Å². The number of thiophene rings is 1. The Hall–Kier alpha value is -1.85. The second-order valence-corrected chi connectivity index (χ2v) is 6.64. The van der Waals surface area contributed by atoms with E-state index in [9.17, 15) is 9.59 Å². The van der Waals surface area contributed by atoms with Crippen molar-refractivity contribution in [2.24, 2.45) is 0 Å². The zero-order valence-electron chi connectivity index (χ0n) is 11.8. The molecule has 1 heterocycles. The number of halogens is 1. The Kier molecular flexibility index (Phi) is 5.98. The summed E-state index contributed by atoms with van der Waals surface area (Å²) in [5, 5.41) is 11.5. The Morgan fingerprint density at radius 2 is 1.77 bits per heavy atom. The summed E-state index contributed by atoms with van der Waals surface area (Å²) in [6.45, 7) is 0. The van der Waals surface area contributed by atoms with Crippen molar-refractivity contribution in [1.82, 2.24) is 0 Å². The fourth-order valence-corrected chi connectivity index (χ4v) is 3.04. The van der Waals surface area contributed by atoms with Crippen molar-refractivity contribution in [2.75, 3.05) is 5.32 Å². The molecule has 0 unspecified atom stereocenters. The van der Waals surface area contributed by atoms with Gasteiger partial charge in [-0.1, -0.05) is 23.7 Å². The number of rotatable bonds is 7. The van der Waals surface area contributed by atoms with Gasteiger partial charge in [-0.2, -0.15) is 0 Å². The number of nitrogens with one attached hydrogen (secondary N) is 1. The Labute approximate surface area is 137 Å². The molecule has 2 rings (SSSR count). The molecule has 1 aromatic heterocycles. The van der Waals surface area contributed by atoms with E-state index >= 15 is 0 Å². The van der Waals surface area contributed by atoms with E-state index in [2.05, 4.69) is 5.32 Å². The molecule has 0 spiro atoms. The number of carboxylic acids is 1. The maximum absolute atomic E-state index is 11.9. The average molecular weight is 338 g/mol. The molecule has 0 saturated carbocycles. The van der Waals surface area contributed by atoms with Gasteiger partial charge in [0.25, 0.3) is 0 Å². The summed E-state index contributed by atoms with van der Waals surface area (Å²) in [6.07, 6.45) is 1.66. The first-order valence-corrected chi connectivity index (χ1v) is 8.07. The number of hydrogen-bond donors (Lipinski definition) is 2. The normalized spacial score (nSPS) is 10.4. The SMILES string of the molecule is O=C(O)CCc1ccc(NC(=O)CCc2ccc(Cl)s2)cc1. The van der Waals surface area contributed by atoms with Crippen LogP contribution in [0.3, 0.4) is 0 Å². The average Bonchev–Trinajstić information content (AvgIpc) is 2.90. The molecule has 1 amide bonds. The lowest BCUT2D eigenvalue weighted by Crippen LogP contribution is -2.12. The van der Waals surface area contributed by atoms with Crippen LogP contribution in [0, 0.1) is 0 Å². The molecule has 22 heavy (non-hydrogen) atoms. The van der Waals surface area contributed by atoms with Gasteiger partial charge in [-0.15, -0.1) is 11.3 Å². The van der Waals surface area contributed by atoms with Gasteiger partial charge in [-0.25, -0.2) is 0 Å². The van der Waals surface area contributed by atoms with Crippen molar-refractivity contribution < 1.29 is 14.7 Å². The summed E-state index contributed by atoms with van der Waals surface area (Å²) in [7, 11) is 0. The van der Waals surface area contributed by atoms with E-state index in [1.807, 2.05) is 24.3 Å². The Morgan fingerprint density at radius 1 is 1.05 bits per heavy atom. The maximum Gasteiger partial charge on any atom is 0.303 e. The third-order valence-electron chi connectivity index (χ3n) is 3.09.